The van der Waals surface area contributed by atoms with Crippen LogP contribution in [0.1, 0.15) is 78.7 Å². The van der Waals surface area contributed by atoms with E-state index < -0.39 is 113 Å². The van der Waals surface area contributed by atoms with Crippen LogP contribution in [0.4, 0.5) is 0 Å². The van der Waals surface area contributed by atoms with Crippen LogP contribution < -0.4 is 0 Å². The Hall–Kier alpha value is -3.63. The summed E-state index contributed by atoms with van der Waals surface area (Å²) in [4.78, 5) is 66.6. The lowest BCUT2D eigenvalue weighted by Gasteiger charge is -2.61. The number of hydrogen-bond donors (Lipinski definition) is 3. The maximum Gasteiger partial charge on any atom is 0.335 e. The molecule has 2 saturated heterocycles. The van der Waals surface area contributed by atoms with Gasteiger partial charge in [-0.3, -0.25) is 19.2 Å². The Balaban J connectivity index is 1.82. The molecular formula is C36H48O15. The van der Waals surface area contributed by atoms with Gasteiger partial charge in [-0.05, 0) is 30.0 Å². The van der Waals surface area contributed by atoms with Crippen molar-refractivity contribution in [3.8, 4) is 0 Å². The van der Waals surface area contributed by atoms with Gasteiger partial charge in [0.1, 0.15) is 18.3 Å². The Morgan fingerprint density at radius 1 is 1.18 bits per heavy atom. The number of aliphatic hydroxyl groups is 3. The molecule has 2 aliphatic carbocycles. The number of rotatable bonds is 11. The van der Waals surface area contributed by atoms with Gasteiger partial charge in [0.15, 0.2) is 17.5 Å². The molecule has 2 aliphatic heterocycles. The third kappa shape index (κ3) is 5.81. The van der Waals surface area contributed by atoms with Gasteiger partial charge in [-0.2, -0.15) is 0 Å². The van der Waals surface area contributed by atoms with Crippen molar-refractivity contribution < 1.29 is 72.1 Å². The molecule has 0 amide bonds. The molecule has 1 aromatic heterocycles. The van der Waals surface area contributed by atoms with Gasteiger partial charge in [0.05, 0.1) is 50.1 Å². The van der Waals surface area contributed by atoms with Crippen LogP contribution in [0.25, 0.3) is 0 Å². The molecule has 13 atom stereocenters. The first-order valence-corrected chi connectivity index (χ1v) is 17.0. The van der Waals surface area contributed by atoms with Crippen LogP contribution in [-0.2, 0) is 52.4 Å². The molecule has 15 heteroatoms. The van der Waals surface area contributed by atoms with Gasteiger partial charge in [-0.15, -0.1) is 0 Å². The number of carbonyl (C=O) groups is 5. The van der Waals surface area contributed by atoms with Crippen LogP contribution in [0.5, 0.6) is 0 Å². The van der Waals surface area contributed by atoms with Crippen molar-refractivity contribution in [2.75, 3.05) is 13.7 Å². The molecule has 2 bridgehead atoms. The Labute approximate surface area is 295 Å². The molecule has 282 valence electrons. The molecule has 15 nitrogen and oxygen atoms in total. The number of esters is 3. The highest BCUT2D eigenvalue weighted by molar-refractivity contribution is 5.96. The number of hydrogen-bond acceptors (Lipinski definition) is 15. The van der Waals surface area contributed by atoms with Gasteiger partial charge in [-0.25, -0.2) is 4.79 Å². The average Bonchev–Trinajstić information content (AvgIpc) is 3.76. The minimum Gasteiger partial charge on any atom is -0.472 e. The lowest BCUT2D eigenvalue weighted by atomic mass is 9.46. The van der Waals surface area contributed by atoms with Crippen molar-refractivity contribution in [1.82, 2.24) is 0 Å². The van der Waals surface area contributed by atoms with Gasteiger partial charge in [0.2, 0.25) is 0 Å². The Morgan fingerprint density at radius 3 is 2.43 bits per heavy atom. The highest BCUT2D eigenvalue weighted by atomic mass is 16.9. The summed E-state index contributed by atoms with van der Waals surface area (Å²) in [6, 6.07) is 1.59. The van der Waals surface area contributed by atoms with E-state index in [2.05, 4.69) is 6.58 Å². The first-order valence-electron chi connectivity index (χ1n) is 17.0. The number of ether oxygens (including phenoxy) is 6. The second-order valence-corrected chi connectivity index (χ2v) is 15.0. The summed E-state index contributed by atoms with van der Waals surface area (Å²) in [5, 5.41) is 35.5. The summed E-state index contributed by atoms with van der Waals surface area (Å²) >= 11 is 0. The lowest BCUT2D eigenvalue weighted by Crippen LogP contribution is -2.72. The van der Waals surface area contributed by atoms with E-state index >= 15 is 0 Å². The standard InChI is InChI=1S/C36H48O15/c1-9-18(2)28(41)31(42)50-30-29(47-17-37)27(19(3)36(44)24(39)12-22(34(30,36)7)21-10-11-46-15-21)33(6)23(13-26(40)45-8)32(5)16-48-35(43,51-32)14-25(33)49-20(4)38/h10-11,15,17-18,22-23,25,27-30,41,43-44H,3,9,12-14,16H2,1-2,4-8H3/t18-,22+,23?,25+,27?,28-,29-,30+,32-,33-,34-,35+,36-/m1/s1. The number of ketones is 1. The minimum atomic E-state index is -2.51. The van der Waals surface area contributed by atoms with Gasteiger partial charge >= 0.3 is 17.9 Å². The summed E-state index contributed by atoms with van der Waals surface area (Å²) in [6.45, 7) is 13.3. The molecule has 51 heavy (non-hydrogen) atoms. The summed E-state index contributed by atoms with van der Waals surface area (Å²) in [7, 11) is 1.17. The third-order valence-electron chi connectivity index (χ3n) is 12.4. The van der Waals surface area contributed by atoms with E-state index in [4.69, 9.17) is 32.8 Å². The van der Waals surface area contributed by atoms with E-state index in [0.29, 0.717) is 12.0 Å². The third-order valence-corrected chi connectivity index (χ3v) is 12.4. The largest absolute Gasteiger partial charge is 0.472 e. The highest BCUT2D eigenvalue weighted by Crippen LogP contribution is 2.69. The first-order chi connectivity index (χ1) is 23.8. The zero-order valence-electron chi connectivity index (χ0n) is 29.9. The molecule has 2 saturated carbocycles. The molecule has 0 aromatic carbocycles. The molecule has 3 N–H and O–H groups in total. The quantitative estimate of drug-likeness (QED) is 0.129. The van der Waals surface area contributed by atoms with Crippen LogP contribution >= 0.6 is 0 Å². The summed E-state index contributed by atoms with van der Waals surface area (Å²) in [5.74, 6) is -9.67. The zero-order valence-corrected chi connectivity index (χ0v) is 29.9. The Kier molecular flexibility index (Phi) is 10.1. The van der Waals surface area contributed by atoms with Gasteiger partial charge in [-0.1, -0.05) is 40.7 Å². The predicted molar refractivity (Wildman–Crippen MR) is 172 cm³/mol. The van der Waals surface area contributed by atoms with Crippen LogP contribution in [0, 0.1) is 28.6 Å². The fraction of sp³-hybridized carbons (Fsp3) is 0.694. The highest BCUT2D eigenvalue weighted by Gasteiger charge is 2.78. The second kappa shape index (κ2) is 13.4. The topological polar surface area (TPSA) is 215 Å². The molecule has 4 fully saturated rings. The number of aliphatic hydroxyl groups excluding tert-OH is 1. The van der Waals surface area contributed by atoms with Crippen molar-refractivity contribution in [3.05, 3.63) is 36.3 Å². The Bertz CT molecular complexity index is 1560. The molecule has 4 aliphatic rings. The summed E-state index contributed by atoms with van der Waals surface area (Å²) in [5.41, 5.74) is -7.24. The molecular weight excluding hydrogens is 672 g/mol. The van der Waals surface area contributed by atoms with Crippen LogP contribution in [0.15, 0.2) is 35.2 Å². The maximum atomic E-state index is 14.4. The predicted octanol–water partition coefficient (Wildman–Crippen LogP) is 2.09. The van der Waals surface area contributed by atoms with Gasteiger partial charge < -0.3 is 48.2 Å². The fourth-order valence-electron chi connectivity index (χ4n) is 9.45. The maximum absolute atomic E-state index is 14.4. The van der Waals surface area contributed by atoms with Crippen molar-refractivity contribution >= 4 is 30.2 Å². The number of Topliss-reactive ketones (excluding diaryl/α,β-unsaturated/α-hetero) is 1. The van der Waals surface area contributed by atoms with Gasteiger partial charge in [0.25, 0.3) is 12.4 Å². The Morgan fingerprint density at radius 2 is 1.86 bits per heavy atom. The van der Waals surface area contributed by atoms with Crippen molar-refractivity contribution in [2.24, 2.45) is 28.6 Å². The zero-order chi connectivity index (χ0) is 37.9. The van der Waals surface area contributed by atoms with E-state index in [1.807, 2.05) is 0 Å². The van der Waals surface area contributed by atoms with Crippen molar-refractivity contribution in [2.45, 2.75) is 115 Å². The van der Waals surface area contributed by atoms with Crippen LogP contribution in [0.3, 0.4) is 0 Å². The first kappa shape index (κ1) is 38.6. The smallest absolute Gasteiger partial charge is 0.335 e. The molecule has 0 radical (unpaired) electrons. The SMILES string of the molecule is C=C1C([C@]2(C)C(CC(=O)OC)[C@@]3(C)CO[C@@](O)(C[C@@H]2OC(C)=O)O3)[C@@H](OC=O)[C@H](OC(=O)[C@H](O)[C@H](C)CC)[C@@]2(C)[C@H](c3ccoc3)CC(=O)[C@]12O. The molecule has 0 spiro atoms. The summed E-state index contributed by atoms with van der Waals surface area (Å²) in [6.07, 6.45) is -4.39. The molecule has 2 unspecified atom stereocenters. The van der Waals surface area contributed by atoms with Crippen LogP contribution in [0.2, 0.25) is 0 Å². The van der Waals surface area contributed by atoms with Crippen LogP contribution in [-0.4, -0.2) is 101 Å². The molecule has 1 aromatic rings. The lowest BCUT2D eigenvalue weighted by molar-refractivity contribution is -0.328. The number of fused-ring (bicyclic) bond motifs is 3. The normalized spacial score (nSPS) is 41.5. The van der Waals surface area contributed by atoms with E-state index in [1.54, 1.807) is 33.8 Å². The van der Waals surface area contributed by atoms with Crippen molar-refractivity contribution in [3.63, 3.8) is 0 Å². The van der Waals surface area contributed by atoms with Gasteiger partial charge in [0, 0.05) is 36.5 Å². The van der Waals surface area contributed by atoms with E-state index in [1.165, 1.54) is 26.6 Å². The summed E-state index contributed by atoms with van der Waals surface area (Å²) < 4.78 is 40.0. The van der Waals surface area contributed by atoms with E-state index in [9.17, 15) is 39.3 Å². The molecule has 3 heterocycles. The second-order valence-electron chi connectivity index (χ2n) is 15.0. The average molecular weight is 721 g/mol. The van der Waals surface area contributed by atoms with E-state index in [0.717, 1.165) is 6.92 Å². The van der Waals surface area contributed by atoms with Crippen molar-refractivity contribution in [1.29, 1.82) is 0 Å². The fourth-order valence-corrected chi connectivity index (χ4v) is 9.45. The monoisotopic (exact) mass is 720 g/mol. The minimum absolute atomic E-state index is 0.117. The van der Waals surface area contributed by atoms with E-state index in [-0.39, 0.29) is 25.1 Å². The number of methoxy groups -OCH3 is 1. The molecule has 5 rings (SSSR count). The number of carbonyl (C=O) groups excluding carboxylic acids is 5. The number of furan rings is 1.